The first-order valence-electron chi connectivity index (χ1n) is 10.3. The van der Waals surface area contributed by atoms with Gasteiger partial charge in [-0.25, -0.2) is 13.9 Å². The van der Waals surface area contributed by atoms with Gasteiger partial charge in [-0.2, -0.15) is 5.10 Å². The first-order valence-corrected chi connectivity index (χ1v) is 10.3. The Hall–Kier alpha value is -4.39. The minimum atomic E-state index is -0.679. The Morgan fingerprint density at radius 1 is 0.879 bits per heavy atom. The summed E-state index contributed by atoms with van der Waals surface area (Å²) in [5, 5.41) is 5.49. The number of benzene rings is 3. The topological polar surface area (TPSA) is 74.1 Å². The Morgan fingerprint density at radius 3 is 2.42 bits per heavy atom. The number of fused-ring (bicyclic) bond motifs is 2. The molecule has 0 spiro atoms. The SMILES string of the molecule is O=C(OCc1ccc(F)c2cccnc12)c1nn(Cc2ccccc2)c(=O)c2ccccc12. The van der Waals surface area contributed by atoms with Gasteiger partial charge in [-0.05, 0) is 29.8 Å². The van der Waals surface area contributed by atoms with Crippen molar-refractivity contribution in [2.45, 2.75) is 13.2 Å². The summed E-state index contributed by atoms with van der Waals surface area (Å²) in [5.41, 5.74) is 1.63. The van der Waals surface area contributed by atoms with Crippen LogP contribution in [0.2, 0.25) is 0 Å². The molecule has 0 bridgehead atoms. The lowest BCUT2D eigenvalue weighted by Crippen LogP contribution is -2.27. The van der Waals surface area contributed by atoms with E-state index in [1.165, 1.54) is 10.7 Å². The molecule has 0 aliphatic heterocycles. The van der Waals surface area contributed by atoms with Crippen molar-refractivity contribution in [2.24, 2.45) is 0 Å². The number of pyridine rings is 1. The monoisotopic (exact) mass is 439 g/mol. The predicted octanol–water partition coefficient (Wildman–Crippen LogP) is 4.49. The van der Waals surface area contributed by atoms with Gasteiger partial charge >= 0.3 is 5.97 Å². The Kier molecular flexibility index (Phi) is 5.36. The summed E-state index contributed by atoms with van der Waals surface area (Å²) in [6.45, 7) is 0.109. The van der Waals surface area contributed by atoms with Gasteiger partial charge in [-0.3, -0.25) is 9.78 Å². The Labute approximate surface area is 187 Å². The highest BCUT2D eigenvalue weighted by Crippen LogP contribution is 2.21. The summed E-state index contributed by atoms with van der Waals surface area (Å²) in [7, 11) is 0. The Morgan fingerprint density at radius 2 is 1.61 bits per heavy atom. The average Bonchev–Trinajstić information content (AvgIpc) is 2.86. The number of hydrogen-bond donors (Lipinski definition) is 0. The molecule has 0 N–H and O–H groups in total. The molecular formula is C26H18FN3O3. The van der Waals surface area contributed by atoms with E-state index in [4.69, 9.17) is 4.74 Å². The molecule has 2 heterocycles. The summed E-state index contributed by atoms with van der Waals surface area (Å²) in [6, 6.07) is 22.3. The fraction of sp³-hybridized carbons (Fsp3) is 0.0769. The van der Waals surface area contributed by atoms with E-state index >= 15 is 0 Å². The highest BCUT2D eigenvalue weighted by Gasteiger charge is 2.19. The molecule has 2 aromatic heterocycles. The fourth-order valence-electron chi connectivity index (χ4n) is 3.77. The molecule has 0 aliphatic rings. The molecule has 0 unspecified atom stereocenters. The highest BCUT2D eigenvalue weighted by molar-refractivity contribution is 6.02. The average molecular weight is 439 g/mol. The largest absolute Gasteiger partial charge is 0.456 e. The van der Waals surface area contributed by atoms with Crippen LogP contribution in [0.15, 0.2) is 89.9 Å². The first kappa shape index (κ1) is 20.5. The van der Waals surface area contributed by atoms with E-state index in [2.05, 4.69) is 10.1 Å². The van der Waals surface area contributed by atoms with Crippen molar-refractivity contribution in [1.29, 1.82) is 0 Å². The molecule has 0 saturated carbocycles. The number of esters is 1. The number of carbonyl (C=O) groups is 1. The van der Waals surface area contributed by atoms with E-state index in [1.807, 2.05) is 30.3 Å². The summed E-state index contributed by atoms with van der Waals surface area (Å²) >= 11 is 0. The Balaban J connectivity index is 1.50. The molecule has 5 aromatic rings. The van der Waals surface area contributed by atoms with Crippen molar-refractivity contribution in [3.63, 3.8) is 0 Å². The zero-order chi connectivity index (χ0) is 22.8. The molecule has 162 valence electrons. The van der Waals surface area contributed by atoms with Gasteiger partial charge in [0.25, 0.3) is 5.56 Å². The molecule has 0 radical (unpaired) electrons. The number of hydrogen-bond acceptors (Lipinski definition) is 5. The number of carbonyl (C=O) groups excluding carboxylic acids is 1. The molecule has 0 aliphatic carbocycles. The maximum Gasteiger partial charge on any atom is 0.359 e. The van der Waals surface area contributed by atoms with Crippen molar-refractivity contribution in [3.8, 4) is 0 Å². The second kappa shape index (κ2) is 8.63. The lowest BCUT2D eigenvalue weighted by molar-refractivity contribution is 0.0467. The maximum atomic E-state index is 14.1. The second-order valence-electron chi connectivity index (χ2n) is 7.52. The van der Waals surface area contributed by atoms with Gasteiger partial charge in [0.15, 0.2) is 5.69 Å². The predicted molar refractivity (Wildman–Crippen MR) is 122 cm³/mol. The smallest absolute Gasteiger partial charge is 0.359 e. The van der Waals surface area contributed by atoms with Crippen molar-refractivity contribution in [1.82, 2.24) is 14.8 Å². The van der Waals surface area contributed by atoms with Crippen LogP contribution in [-0.2, 0) is 17.9 Å². The summed E-state index contributed by atoms with van der Waals surface area (Å²) in [4.78, 5) is 30.2. The third-order valence-corrected chi connectivity index (χ3v) is 5.40. The Bertz CT molecular complexity index is 1550. The van der Waals surface area contributed by atoms with Gasteiger partial charge < -0.3 is 4.74 Å². The maximum absolute atomic E-state index is 14.1. The second-order valence-corrected chi connectivity index (χ2v) is 7.52. The normalized spacial score (nSPS) is 11.1. The number of halogens is 1. The van der Waals surface area contributed by atoms with Crippen LogP contribution in [0.5, 0.6) is 0 Å². The van der Waals surface area contributed by atoms with Crippen LogP contribution < -0.4 is 5.56 Å². The van der Waals surface area contributed by atoms with Crippen LogP contribution in [0.25, 0.3) is 21.7 Å². The molecule has 0 atom stereocenters. The highest BCUT2D eigenvalue weighted by atomic mass is 19.1. The van der Waals surface area contributed by atoms with E-state index in [1.54, 1.807) is 48.7 Å². The first-order chi connectivity index (χ1) is 16.1. The van der Waals surface area contributed by atoms with Crippen molar-refractivity contribution in [2.75, 3.05) is 0 Å². The van der Waals surface area contributed by atoms with Crippen LogP contribution in [0, 0.1) is 5.82 Å². The number of rotatable bonds is 5. The van der Waals surface area contributed by atoms with Gasteiger partial charge in [-0.15, -0.1) is 0 Å². The zero-order valence-corrected chi connectivity index (χ0v) is 17.4. The van der Waals surface area contributed by atoms with Gasteiger partial charge in [0.1, 0.15) is 12.4 Å². The zero-order valence-electron chi connectivity index (χ0n) is 17.4. The molecule has 0 saturated heterocycles. The molecule has 3 aromatic carbocycles. The number of nitrogens with zero attached hydrogens (tertiary/aromatic N) is 3. The van der Waals surface area contributed by atoms with Crippen LogP contribution in [-0.4, -0.2) is 20.7 Å². The van der Waals surface area contributed by atoms with E-state index < -0.39 is 11.8 Å². The molecule has 0 fully saturated rings. The minimum absolute atomic E-state index is 0.0421. The van der Waals surface area contributed by atoms with Crippen LogP contribution in [0.4, 0.5) is 4.39 Å². The van der Waals surface area contributed by atoms with Gasteiger partial charge in [-0.1, -0.05) is 54.6 Å². The number of ether oxygens (including phenoxy) is 1. The summed E-state index contributed by atoms with van der Waals surface area (Å²) in [5.74, 6) is -1.07. The molecule has 0 amide bonds. The molecule has 33 heavy (non-hydrogen) atoms. The minimum Gasteiger partial charge on any atom is -0.456 e. The number of aromatic nitrogens is 3. The van der Waals surface area contributed by atoms with E-state index in [9.17, 15) is 14.0 Å². The standard InChI is InChI=1S/C26H18FN3O3/c27-22-13-12-18(23-21(22)11-6-14-28-23)16-33-26(32)24-19-9-4-5-10-20(19)25(31)30(29-24)15-17-7-2-1-3-8-17/h1-14H,15-16H2. The van der Waals surface area contributed by atoms with Crippen LogP contribution in [0.1, 0.15) is 21.6 Å². The fourth-order valence-corrected chi connectivity index (χ4v) is 3.77. The van der Waals surface area contributed by atoms with E-state index in [0.29, 0.717) is 27.2 Å². The third-order valence-electron chi connectivity index (χ3n) is 5.40. The summed E-state index contributed by atoms with van der Waals surface area (Å²) < 4.78 is 20.9. The molecule has 6 nitrogen and oxygen atoms in total. The van der Waals surface area contributed by atoms with Gasteiger partial charge in [0.05, 0.1) is 17.4 Å². The van der Waals surface area contributed by atoms with E-state index in [-0.39, 0.29) is 24.4 Å². The van der Waals surface area contributed by atoms with Crippen molar-refractivity contribution >= 4 is 27.6 Å². The molecule has 7 heteroatoms. The van der Waals surface area contributed by atoms with Gasteiger partial charge in [0.2, 0.25) is 0 Å². The van der Waals surface area contributed by atoms with Crippen LogP contribution in [0.3, 0.4) is 0 Å². The van der Waals surface area contributed by atoms with Crippen molar-refractivity contribution < 1.29 is 13.9 Å². The van der Waals surface area contributed by atoms with Crippen molar-refractivity contribution in [3.05, 3.63) is 118 Å². The molecular weight excluding hydrogens is 421 g/mol. The lowest BCUT2D eigenvalue weighted by Gasteiger charge is -2.12. The van der Waals surface area contributed by atoms with Gasteiger partial charge in [0, 0.05) is 22.5 Å². The lowest BCUT2D eigenvalue weighted by atomic mass is 10.1. The molecule has 5 rings (SSSR count). The quantitative estimate of drug-likeness (QED) is 0.377. The van der Waals surface area contributed by atoms with E-state index in [0.717, 1.165) is 5.56 Å². The van der Waals surface area contributed by atoms with Crippen LogP contribution >= 0.6 is 0 Å². The summed E-state index contributed by atoms with van der Waals surface area (Å²) in [6.07, 6.45) is 1.56. The third kappa shape index (κ3) is 3.96.